The minimum absolute atomic E-state index is 0.194. The standard InChI is InChI=1S/C11H14BrIN2O2/c1-17-5-4-10(14)11(16)15-7-2-3-8(12)9(13)6-7/h2-3,6,10H,4-5,14H2,1H3,(H,15,16). The lowest BCUT2D eigenvalue weighted by Gasteiger charge is -2.12. The molecule has 0 spiro atoms. The molecule has 17 heavy (non-hydrogen) atoms. The topological polar surface area (TPSA) is 64.3 Å². The highest BCUT2D eigenvalue weighted by Crippen LogP contribution is 2.22. The minimum Gasteiger partial charge on any atom is -0.385 e. The molecule has 1 amide bonds. The predicted molar refractivity (Wildman–Crippen MR) is 80.0 cm³/mol. The molecule has 1 atom stereocenters. The first-order valence-corrected chi connectivity index (χ1v) is 6.92. The average Bonchev–Trinajstić information content (AvgIpc) is 2.30. The van der Waals surface area contributed by atoms with Crippen LogP contribution in [0.1, 0.15) is 6.42 Å². The second-order valence-electron chi connectivity index (χ2n) is 3.51. The molecule has 1 rings (SSSR count). The fraction of sp³-hybridized carbons (Fsp3) is 0.364. The lowest BCUT2D eigenvalue weighted by molar-refractivity contribution is -0.117. The average molecular weight is 413 g/mol. The molecule has 6 heteroatoms. The smallest absolute Gasteiger partial charge is 0.241 e. The minimum atomic E-state index is -0.545. The number of benzene rings is 1. The van der Waals surface area contributed by atoms with Crippen LogP contribution in [0.15, 0.2) is 22.7 Å². The van der Waals surface area contributed by atoms with Crippen LogP contribution in [0.2, 0.25) is 0 Å². The van der Waals surface area contributed by atoms with Gasteiger partial charge in [-0.2, -0.15) is 0 Å². The summed E-state index contributed by atoms with van der Waals surface area (Å²) in [5, 5.41) is 2.77. The number of carbonyl (C=O) groups excluding carboxylic acids is 1. The molecule has 0 aromatic heterocycles. The number of nitrogens with one attached hydrogen (secondary N) is 1. The van der Waals surface area contributed by atoms with Crippen LogP contribution in [-0.2, 0) is 9.53 Å². The normalized spacial score (nSPS) is 12.2. The Morgan fingerprint density at radius 1 is 1.65 bits per heavy atom. The van der Waals surface area contributed by atoms with Crippen molar-refractivity contribution in [1.82, 2.24) is 0 Å². The molecular formula is C11H14BrIN2O2. The maximum atomic E-state index is 11.7. The fourth-order valence-electron chi connectivity index (χ4n) is 1.18. The molecule has 0 heterocycles. The van der Waals surface area contributed by atoms with Gasteiger partial charge >= 0.3 is 0 Å². The van der Waals surface area contributed by atoms with Gasteiger partial charge in [-0.3, -0.25) is 4.79 Å². The number of nitrogens with two attached hydrogens (primary N) is 1. The number of halogens is 2. The molecule has 0 bridgehead atoms. The van der Waals surface area contributed by atoms with E-state index in [1.807, 2.05) is 18.2 Å². The first-order valence-electron chi connectivity index (χ1n) is 5.05. The van der Waals surface area contributed by atoms with Crippen LogP contribution in [-0.4, -0.2) is 25.7 Å². The Morgan fingerprint density at radius 2 is 2.35 bits per heavy atom. The molecule has 0 fully saturated rings. The fourth-order valence-corrected chi connectivity index (χ4v) is 1.95. The third-order valence-corrected chi connectivity index (χ3v) is 4.48. The summed E-state index contributed by atoms with van der Waals surface area (Å²) < 4.78 is 6.91. The number of hydrogen-bond donors (Lipinski definition) is 2. The third kappa shape index (κ3) is 4.90. The molecule has 4 nitrogen and oxygen atoms in total. The zero-order chi connectivity index (χ0) is 12.8. The van der Waals surface area contributed by atoms with Gasteiger partial charge in [0.25, 0.3) is 0 Å². The van der Waals surface area contributed by atoms with E-state index >= 15 is 0 Å². The summed E-state index contributed by atoms with van der Waals surface area (Å²) in [6, 6.07) is 5.05. The van der Waals surface area contributed by atoms with E-state index in [0.29, 0.717) is 13.0 Å². The second-order valence-corrected chi connectivity index (χ2v) is 5.52. The quantitative estimate of drug-likeness (QED) is 0.729. The molecule has 0 aliphatic heterocycles. The highest BCUT2D eigenvalue weighted by molar-refractivity contribution is 14.1. The predicted octanol–water partition coefficient (Wildman–Crippen LogP) is 2.36. The Balaban J connectivity index is 2.58. The van der Waals surface area contributed by atoms with Crippen molar-refractivity contribution in [3.05, 3.63) is 26.2 Å². The number of hydrogen-bond acceptors (Lipinski definition) is 3. The second kappa shape index (κ2) is 7.30. The van der Waals surface area contributed by atoms with Gasteiger partial charge in [-0.1, -0.05) is 0 Å². The van der Waals surface area contributed by atoms with Crippen molar-refractivity contribution in [2.45, 2.75) is 12.5 Å². The van der Waals surface area contributed by atoms with Crippen LogP contribution in [0, 0.1) is 3.57 Å². The van der Waals surface area contributed by atoms with E-state index in [1.54, 1.807) is 7.11 Å². The Labute approximate surface area is 123 Å². The number of amides is 1. The van der Waals surface area contributed by atoms with Gasteiger partial charge in [0.15, 0.2) is 0 Å². The summed E-state index contributed by atoms with van der Waals surface area (Å²) >= 11 is 5.58. The van der Waals surface area contributed by atoms with E-state index in [2.05, 4.69) is 43.8 Å². The monoisotopic (exact) mass is 412 g/mol. The first-order chi connectivity index (χ1) is 8.04. The summed E-state index contributed by atoms with van der Waals surface area (Å²) in [4.78, 5) is 11.7. The van der Waals surface area contributed by atoms with Crippen LogP contribution in [0.25, 0.3) is 0 Å². The molecule has 94 valence electrons. The molecule has 0 radical (unpaired) electrons. The molecular weight excluding hydrogens is 399 g/mol. The van der Waals surface area contributed by atoms with Crippen LogP contribution in [0.3, 0.4) is 0 Å². The molecule has 3 N–H and O–H groups in total. The summed E-state index contributed by atoms with van der Waals surface area (Å²) in [5.74, 6) is -0.194. The Bertz CT molecular complexity index is 401. The lowest BCUT2D eigenvalue weighted by atomic mass is 10.2. The van der Waals surface area contributed by atoms with Crippen LogP contribution in [0.5, 0.6) is 0 Å². The SMILES string of the molecule is COCCC(N)C(=O)Nc1ccc(Br)c(I)c1. The number of carbonyl (C=O) groups is 1. The van der Waals surface area contributed by atoms with E-state index in [0.717, 1.165) is 13.7 Å². The largest absolute Gasteiger partial charge is 0.385 e. The molecule has 0 aliphatic carbocycles. The summed E-state index contributed by atoms with van der Waals surface area (Å²) in [5.41, 5.74) is 6.46. The van der Waals surface area contributed by atoms with Crippen molar-refractivity contribution >= 4 is 50.1 Å². The van der Waals surface area contributed by atoms with Gasteiger partial charge in [0.05, 0.1) is 6.04 Å². The first kappa shape index (κ1) is 14.9. The van der Waals surface area contributed by atoms with Crippen molar-refractivity contribution in [3.8, 4) is 0 Å². The van der Waals surface area contributed by atoms with E-state index in [1.165, 1.54) is 0 Å². The van der Waals surface area contributed by atoms with Gasteiger partial charge in [0.1, 0.15) is 0 Å². The van der Waals surface area contributed by atoms with Crippen molar-refractivity contribution in [1.29, 1.82) is 0 Å². The molecule has 1 unspecified atom stereocenters. The van der Waals surface area contributed by atoms with Gasteiger partial charge in [-0.25, -0.2) is 0 Å². The van der Waals surface area contributed by atoms with Crippen LogP contribution < -0.4 is 11.1 Å². The maximum absolute atomic E-state index is 11.7. The van der Waals surface area contributed by atoms with E-state index in [4.69, 9.17) is 10.5 Å². The number of ether oxygens (including phenoxy) is 1. The maximum Gasteiger partial charge on any atom is 0.241 e. The zero-order valence-corrected chi connectivity index (χ0v) is 13.1. The molecule has 0 aliphatic rings. The van der Waals surface area contributed by atoms with E-state index < -0.39 is 6.04 Å². The van der Waals surface area contributed by atoms with E-state index in [-0.39, 0.29) is 5.91 Å². The highest BCUT2D eigenvalue weighted by atomic mass is 127. The number of rotatable bonds is 5. The molecule has 0 saturated carbocycles. The third-order valence-electron chi connectivity index (χ3n) is 2.16. The van der Waals surface area contributed by atoms with Gasteiger partial charge in [-0.15, -0.1) is 0 Å². The summed E-state index contributed by atoms with van der Waals surface area (Å²) in [6.45, 7) is 0.479. The van der Waals surface area contributed by atoms with Crippen molar-refractivity contribution in [2.24, 2.45) is 5.73 Å². The Kier molecular flexibility index (Phi) is 6.39. The highest BCUT2D eigenvalue weighted by Gasteiger charge is 2.13. The molecule has 0 saturated heterocycles. The lowest BCUT2D eigenvalue weighted by Crippen LogP contribution is -2.36. The van der Waals surface area contributed by atoms with Crippen molar-refractivity contribution in [3.63, 3.8) is 0 Å². The van der Waals surface area contributed by atoms with Crippen molar-refractivity contribution in [2.75, 3.05) is 19.0 Å². The van der Waals surface area contributed by atoms with Gasteiger partial charge in [0.2, 0.25) is 5.91 Å². The van der Waals surface area contributed by atoms with Crippen molar-refractivity contribution < 1.29 is 9.53 Å². The summed E-state index contributed by atoms with van der Waals surface area (Å²) in [6.07, 6.45) is 0.510. The summed E-state index contributed by atoms with van der Waals surface area (Å²) in [7, 11) is 1.59. The van der Waals surface area contributed by atoms with Gasteiger partial charge in [-0.05, 0) is 63.1 Å². The molecule has 1 aromatic carbocycles. The Morgan fingerprint density at radius 3 is 2.94 bits per heavy atom. The van der Waals surface area contributed by atoms with Crippen LogP contribution >= 0.6 is 38.5 Å². The Hall–Kier alpha value is -0.180. The zero-order valence-electron chi connectivity index (χ0n) is 9.37. The number of anilines is 1. The number of methoxy groups -OCH3 is 1. The van der Waals surface area contributed by atoms with Gasteiger partial charge < -0.3 is 15.8 Å². The molecule has 1 aromatic rings. The van der Waals surface area contributed by atoms with Gasteiger partial charge in [0, 0.05) is 27.4 Å². The van der Waals surface area contributed by atoms with E-state index in [9.17, 15) is 4.79 Å². The van der Waals surface area contributed by atoms with Crippen LogP contribution in [0.4, 0.5) is 5.69 Å².